The van der Waals surface area contributed by atoms with Gasteiger partial charge in [0, 0.05) is 13.0 Å². The first kappa shape index (κ1) is 13.7. The van der Waals surface area contributed by atoms with Gasteiger partial charge >= 0.3 is 0 Å². The molecular weight excluding hydrogens is 192 g/mol. The molecule has 84 valence electrons. The van der Waals surface area contributed by atoms with Gasteiger partial charge in [-0.25, -0.2) is 0 Å². The van der Waals surface area contributed by atoms with Gasteiger partial charge in [0.05, 0.1) is 12.4 Å². The van der Waals surface area contributed by atoms with Crippen molar-refractivity contribution in [3.05, 3.63) is 12.3 Å². The first-order valence-electron chi connectivity index (χ1n) is 5.40. The number of hydrogen-bond acceptors (Lipinski definition) is 2. The van der Waals surface area contributed by atoms with Crippen molar-refractivity contribution in [2.24, 2.45) is 0 Å². The summed E-state index contributed by atoms with van der Waals surface area (Å²) in [7, 11) is -1.45. The van der Waals surface area contributed by atoms with E-state index in [4.69, 9.17) is 9.16 Å². The second-order valence-electron chi connectivity index (χ2n) is 4.47. The summed E-state index contributed by atoms with van der Waals surface area (Å²) in [5, 5.41) is 0. The molecule has 0 fully saturated rings. The number of unbranched alkanes of at least 4 members (excludes halogenated alkanes) is 1. The Kier molecular flexibility index (Phi) is 6.92. The molecule has 0 aromatic carbocycles. The van der Waals surface area contributed by atoms with Crippen molar-refractivity contribution < 1.29 is 9.16 Å². The highest BCUT2D eigenvalue weighted by molar-refractivity contribution is 6.70. The molecule has 0 bridgehead atoms. The number of hydrogen-bond donors (Lipinski definition) is 0. The fourth-order valence-corrected chi connectivity index (χ4v) is 1.99. The highest BCUT2D eigenvalue weighted by Crippen LogP contribution is 2.11. The van der Waals surface area contributed by atoms with Crippen molar-refractivity contribution in [2.45, 2.75) is 45.8 Å². The first-order chi connectivity index (χ1) is 6.45. The third-order valence-corrected chi connectivity index (χ3v) is 2.52. The first-order valence-corrected chi connectivity index (χ1v) is 8.81. The van der Waals surface area contributed by atoms with E-state index in [9.17, 15) is 0 Å². The average Bonchev–Trinajstić information content (AvgIpc) is 2.00. The van der Waals surface area contributed by atoms with E-state index in [0.717, 1.165) is 31.8 Å². The van der Waals surface area contributed by atoms with Crippen molar-refractivity contribution in [3.63, 3.8) is 0 Å². The Balaban J connectivity index is 3.36. The minimum atomic E-state index is -1.45. The van der Waals surface area contributed by atoms with Gasteiger partial charge in [-0.05, 0) is 26.1 Å². The quantitative estimate of drug-likeness (QED) is 0.351. The lowest BCUT2D eigenvalue weighted by Crippen LogP contribution is -2.24. The minimum Gasteiger partial charge on any atom is -0.548 e. The SMILES string of the molecule is C=C(CCOCCCC)O[Si](C)(C)C. The maximum atomic E-state index is 5.71. The van der Waals surface area contributed by atoms with E-state index < -0.39 is 8.32 Å². The van der Waals surface area contributed by atoms with Crippen LogP contribution in [0.2, 0.25) is 19.6 Å². The predicted molar refractivity (Wildman–Crippen MR) is 63.9 cm³/mol. The van der Waals surface area contributed by atoms with E-state index in [-0.39, 0.29) is 0 Å². The van der Waals surface area contributed by atoms with Gasteiger partial charge in [0.2, 0.25) is 8.32 Å². The standard InChI is InChI=1S/C11H24O2Si/c1-6-7-9-12-10-8-11(2)13-14(3,4)5/h2,6-10H2,1,3-5H3. The Labute approximate surface area is 89.4 Å². The smallest absolute Gasteiger partial charge is 0.241 e. The van der Waals surface area contributed by atoms with Gasteiger partial charge in [0.1, 0.15) is 0 Å². The third kappa shape index (κ3) is 9.80. The van der Waals surface area contributed by atoms with E-state index in [1.807, 2.05) is 0 Å². The summed E-state index contributed by atoms with van der Waals surface area (Å²) in [5.41, 5.74) is 0. The summed E-state index contributed by atoms with van der Waals surface area (Å²) in [4.78, 5) is 0. The fraction of sp³-hybridized carbons (Fsp3) is 0.818. The van der Waals surface area contributed by atoms with Crippen LogP contribution in [0.1, 0.15) is 26.2 Å². The molecule has 0 unspecified atom stereocenters. The van der Waals surface area contributed by atoms with Gasteiger partial charge in [0.15, 0.2) is 0 Å². The summed E-state index contributed by atoms with van der Waals surface area (Å²) in [6.45, 7) is 14.1. The largest absolute Gasteiger partial charge is 0.548 e. The van der Waals surface area contributed by atoms with Crippen molar-refractivity contribution in [3.8, 4) is 0 Å². The van der Waals surface area contributed by atoms with Gasteiger partial charge < -0.3 is 9.16 Å². The van der Waals surface area contributed by atoms with Crippen LogP contribution in [0.25, 0.3) is 0 Å². The lowest BCUT2D eigenvalue weighted by Gasteiger charge is -2.20. The van der Waals surface area contributed by atoms with Crippen LogP contribution < -0.4 is 0 Å². The second-order valence-corrected chi connectivity index (χ2v) is 8.90. The van der Waals surface area contributed by atoms with Crippen LogP contribution in [0.4, 0.5) is 0 Å². The predicted octanol–water partition coefficient (Wildman–Crippen LogP) is 3.56. The molecule has 0 aliphatic rings. The zero-order chi connectivity index (χ0) is 11.0. The molecule has 0 rings (SSSR count). The molecular formula is C11H24O2Si. The van der Waals surface area contributed by atoms with Crippen LogP contribution in [0.5, 0.6) is 0 Å². The normalized spacial score (nSPS) is 11.4. The van der Waals surface area contributed by atoms with Crippen LogP contribution in [-0.4, -0.2) is 21.5 Å². The maximum absolute atomic E-state index is 5.71. The molecule has 0 spiro atoms. The molecule has 0 atom stereocenters. The summed E-state index contributed by atoms with van der Waals surface area (Å²) < 4.78 is 11.1. The van der Waals surface area contributed by atoms with Crippen molar-refractivity contribution in [2.75, 3.05) is 13.2 Å². The van der Waals surface area contributed by atoms with Crippen LogP contribution in [0.3, 0.4) is 0 Å². The van der Waals surface area contributed by atoms with Crippen LogP contribution in [0, 0.1) is 0 Å². The highest BCUT2D eigenvalue weighted by atomic mass is 28.4. The zero-order valence-corrected chi connectivity index (χ0v) is 11.1. The molecule has 0 saturated carbocycles. The number of ether oxygens (including phenoxy) is 1. The van der Waals surface area contributed by atoms with E-state index in [1.54, 1.807) is 0 Å². The Hall–Kier alpha value is -0.283. The van der Waals surface area contributed by atoms with Gasteiger partial charge in [-0.3, -0.25) is 0 Å². The maximum Gasteiger partial charge on any atom is 0.241 e. The topological polar surface area (TPSA) is 18.5 Å². The van der Waals surface area contributed by atoms with Crippen molar-refractivity contribution in [1.29, 1.82) is 0 Å². The Bertz CT molecular complexity index is 161. The molecule has 0 aliphatic heterocycles. The van der Waals surface area contributed by atoms with E-state index >= 15 is 0 Å². The molecule has 2 nitrogen and oxygen atoms in total. The average molecular weight is 216 g/mol. The Morgan fingerprint density at radius 2 is 1.86 bits per heavy atom. The molecule has 0 aromatic heterocycles. The van der Waals surface area contributed by atoms with Crippen molar-refractivity contribution in [1.82, 2.24) is 0 Å². The van der Waals surface area contributed by atoms with Crippen LogP contribution in [-0.2, 0) is 9.16 Å². The Morgan fingerprint density at radius 3 is 2.36 bits per heavy atom. The monoisotopic (exact) mass is 216 g/mol. The van der Waals surface area contributed by atoms with E-state index in [0.29, 0.717) is 0 Å². The summed E-state index contributed by atoms with van der Waals surface area (Å²) >= 11 is 0. The van der Waals surface area contributed by atoms with E-state index in [2.05, 4.69) is 33.1 Å². The molecule has 0 aliphatic carbocycles. The highest BCUT2D eigenvalue weighted by Gasteiger charge is 2.16. The van der Waals surface area contributed by atoms with Gasteiger partial charge in [0.25, 0.3) is 0 Å². The lowest BCUT2D eigenvalue weighted by molar-refractivity contribution is 0.127. The van der Waals surface area contributed by atoms with Gasteiger partial charge in [-0.15, -0.1) is 0 Å². The molecule has 0 amide bonds. The Morgan fingerprint density at radius 1 is 1.21 bits per heavy atom. The van der Waals surface area contributed by atoms with Crippen LogP contribution in [0.15, 0.2) is 12.3 Å². The molecule has 0 saturated heterocycles. The molecule has 0 heterocycles. The van der Waals surface area contributed by atoms with Crippen LogP contribution >= 0.6 is 0 Å². The van der Waals surface area contributed by atoms with Gasteiger partial charge in [-0.1, -0.05) is 19.9 Å². The summed E-state index contributed by atoms with van der Waals surface area (Å²) in [5.74, 6) is 0.876. The van der Waals surface area contributed by atoms with Crippen molar-refractivity contribution >= 4 is 8.32 Å². The van der Waals surface area contributed by atoms with E-state index in [1.165, 1.54) is 6.42 Å². The zero-order valence-electron chi connectivity index (χ0n) is 10.1. The molecule has 0 N–H and O–H groups in total. The molecule has 0 aromatic rings. The second kappa shape index (κ2) is 7.07. The van der Waals surface area contributed by atoms with Gasteiger partial charge in [-0.2, -0.15) is 0 Å². The molecule has 14 heavy (non-hydrogen) atoms. The fourth-order valence-electron chi connectivity index (χ4n) is 1.02. The number of rotatable bonds is 8. The lowest BCUT2D eigenvalue weighted by atomic mass is 10.3. The molecule has 3 heteroatoms. The minimum absolute atomic E-state index is 0.739. The summed E-state index contributed by atoms with van der Waals surface area (Å²) in [6.07, 6.45) is 3.15. The summed E-state index contributed by atoms with van der Waals surface area (Å²) in [6, 6.07) is 0. The molecule has 0 radical (unpaired) electrons. The third-order valence-electron chi connectivity index (χ3n) is 1.62.